The number of ether oxygens (including phenoxy) is 2. The molecule has 1 aromatic rings. The molecule has 9 nitrogen and oxygen atoms in total. The van der Waals surface area contributed by atoms with Crippen LogP contribution in [-0.4, -0.2) is 55.2 Å². The maximum Gasteiger partial charge on any atom is 0.324 e. The van der Waals surface area contributed by atoms with E-state index in [0.29, 0.717) is 12.3 Å². The second-order valence-electron chi connectivity index (χ2n) is 6.67. The Kier molecular flexibility index (Phi) is 5.64. The smallest absolute Gasteiger partial charge is 0.324 e. The van der Waals surface area contributed by atoms with E-state index >= 15 is 0 Å². The average molecular weight is 406 g/mol. The van der Waals surface area contributed by atoms with Crippen LogP contribution in [0, 0.1) is 17.2 Å². The fourth-order valence-electron chi connectivity index (χ4n) is 3.18. The van der Waals surface area contributed by atoms with E-state index in [-0.39, 0.29) is 37.8 Å². The number of benzene rings is 1. The lowest BCUT2D eigenvalue weighted by Crippen LogP contribution is -2.41. The van der Waals surface area contributed by atoms with Crippen LogP contribution < -0.4 is 10.2 Å². The first kappa shape index (κ1) is 20.5. The standard InChI is InChI=1S/C19H19FN2O7/c1-2-6-29-18(27)19(17(25)26)9-12(19)16(24)21-14-4-3-11(8-13(14)20)22-5-7-28-10-15(22)23/h2-4,8,12H,1,5-7,9-10H2,(H,21,24)(H,25,26). The summed E-state index contributed by atoms with van der Waals surface area (Å²) in [6.45, 7) is 3.69. The molecule has 2 atom stereocenters. The molecule has 0 aromatic heterocycles. The third kappa shape index (κ3) is 3.83. The van der Waals surface area contributed by atoms with E-state index in [2.05, 4.69) is 11.9 Å². The number of carbonyl (C=O) groups is 4. The monoisotopic (exact) mass is 406 g/mol. The van der Waals surface area contributed by atoms with Crippen LogP contribution in [0.25, 0.3) is 0 Å². The van der Waals surface area contributed by atoms with Crippen molar-refractivity contribution in [2.75, 3.05) is 36.6 Å². The van der Waals surface area contributed by atoms with Crippen LogP contribution in [0.3, 0.4) is 0 Å². The molecule has 2 unspecified atom stereocenters. The number of rotatable bonds is 7. The summed E-state index contributed by atoms with van der Waals surface area (Å²) in [6, 6.07) is 3.82. The normalized spacial score (nSPS) is 23.3. The van der Waals surface area contributed by atoms with Gasteiger partial charge in [-0.05, 0) is 24.6 Å². The van der Waals surface area contributed by atoms with Crippen molar-refractivity contribution in [1.82, 2.24) is 0 Å². The molecule has 2 fully saturated rings. The molecule has 2 N–H and O–H groups in total. The molecule has 1 aromatic carbocycles. The molecule has 0 spiro atoms. The molecule has 2 aliphatic rings. The Morgan fingerprint density at radius 2 is 2.21 bits per heavy atom. The van der Waals surface area contributed by atoms with Crippen LogP contribution in [0.15, 0.2) is 30.9 Å². The highest BCUT2D eigenvalue weighted by Gasteiger charge is 2.70. The van der Waals surface area contributed by atoms with Crippen LogP contribution in [0.2, 0.25) is 0 Å². The highest BCUT2D eigenvalue weighted by atomic mass is 19.1. The van der Waals surface area contributed by atoms with E-state index in [0.717, 1.165) is 6.07 Å². The highest BCUT2D eigenvalue weighted by molar-refractivity contribution is 6.11. The van der Waals surface area contributed by atoms with Crippen LogP contribution >= 0.6 is 0 Å². The summed E-state index contributed by atoms with van der Waals surface area (Å²) in [5.41, 5.74) is -1.86. The summed E-state index contributed by atoms with van der Waals surface area (Å²) in [6.07, 6.45) is 1.03. The van der Waals surface area contributed by atoms with E-state index < -0.39 is 35.0 Å². The fraction of sp³-hybridized carbons (Fsp3) is 0.368. The van der Waals surface area contributed by atoms with Crippen molar-refractivity contribution in [1.29, 1.82) is 0 Å². The summed E-state index contributed by atoms with van der Waals surface area (Å²) in [7, 11) is 0. The summed E-state index contributed by atoms with van der Waals surface area (Å²) >= 11 is 0. The minimum Gasteiger partial charge on any atom is -0.480 e. The van der Waals surface area contributed by atoms with Gasteiger partial charge in [0, 0.05) is 12.2 Å². The molecule has 29 heavy (non-hydrogen) atoms. The van der Waals surface area contributed by atoms with Gasteiger partial charge in [-0.3, -0.25) is 19.2 Å². The molecular formula is C19H19FN2O7. The predicted octanol–water partition coefficient (Wildman–Crippen LogP) is 0.947. The van der Waals surface area contributed by atoms with Gasteiger partial charge in [0.25, 0.3) is 5.91 Å². The van der Waals surface area contributed by atoms with Gasteiger partial charge in [-0.25, -0.2) is 4.39 Å². The molecular weight excluding hydrogens is 387 g/mol. The lowest BCUT2D eigenvalue weighted by Gasteiger charge is -2.27. The maximum absolute atomic E-state index is 14.4. The van der Waals surface area contributed by atoms with Gasteiger partial charge in [0.1, 0.15) is 19.0 Å². The fourth-order valence-corrected chi connectivity index (χ4v) is 3.18. The van der Waals surface area contributed by atoms with Gasteiger partial charge in [-0.2, -0.15) is 0 Å². The number of morpholine rings is 1. The number of halogens is 1. The molecule has 3 rings (SSSR count). The second-order valence-corrected chi connectivity index (χ2v) is 6.67. The SMILES string of the molecule is C=CCOC(=O)C1(C(=O)O)CC1C(=O)Nc1ccc(N2CCOCC2=O)cc1F. The number of anilines is 2. The lowest BCUT2D eigenvalue weighted by atomic mass is 10.0. The number of amides is 2. The van der Waals surface area contributed by atoms with Crippen molar-refractivity contribution in [2.45, 2.75) is 6.42 Å². The Bertz CT molecular complexity index is 887. The van der Waals surface area contributed by atoms with E-state index in [9.17, 15) is 28.7 Å². The maximum atomic E-state index is 14.4. The van der Waals surface area contributed by atoms with Crippen LogP contribution in [0.1, 0.15) is 6.42 Å². The topological polar surface area (TPSA) is 122 Å². The van der Waals surface area contributed by atoms with Gasteiger partial charge in [0.2, 0.25) is 5.91 Å². The van der Waals surface area contributed by atoms with E-state index in [1.54, 1.807) is 0 Å². The Balaban J connectivity index is 1.71. The van der Waals surface area contributed by atoms with Crippen molar-refractivity contribution >= 4 is 35.1 Å². The Morgan fingerprint density at radius 1 is 1.45 bits per heavy atom. The Morgan fingerprint density at radius 3 is 2.83 bits per heavy atom. The van der Waals surface area contributed by atoms with E-state index in [1.807, 2.05) is 0 Å². The number of carbonyl (C=O) groups excluding carboxylic acids is 3. The summed E-state index contributed by atoms with van der Waals surface area (Å²) in [5.74, 6) is -5.62. The highest BCUT2D eigenvalue weighted by Crippen LogP contribution is 2.54. The molecule has 1 saturated carbocycles. The number of nitrogens with one attached hydrogen (secondary N) is 1. The number of carboxylic acids is 1. The molecule has 1 saturated heterocycles. The van der Waals surface area contributed by atoms with Crippen molar-refractivity contribution in [3.05, 3.63) is 36.7 Å². The largest absolute Gasteiger partial charge is 0.480 e. The third-order valence-electron chi connectivity index (χ3n) is 4.86. The molecule has 1 aliphatic heterocycles. The zero-order valence-corrected chi connectivity index (χ0v) is 15.4. The number of carboxylic acid groups (broad SMARTS) is 1. The summed E-state index contributed by atoms with van der Waals surface area (Å²) in [4.78, 5) is 49.2. The second kappa shape index (κ2) is 8.00. The predicted molar refractivity (Wildman–Crippen MR) is 97.5 cm³/mol. The Labute approximate surface area is 165 Å². The Hall–Kier alpha value is -3.27. The van der Waals surface area contributed by atoms with E-state index in [4.69, 9.17) is 9.47 Å². The number of esters is 1. The summed E-state index contributed by atoms with van der Waals surface area (Å²) in [5, 5.41) is 11.7. The number of hydrogen-bond donors (Lipinski definition) is 2. The first-order chi connectivity index (χ1) is 13.8. The quantitative estimate of drug-likeness (QED) is 0.393. The molecule has 0 radical (unpaired) electrons. The van der Waals surface area contributed by atoms with Crippen molar-refractivity contribution < 1.29 is 38.1 Å². The van der Waals surface area contributed by atoms with Gasteiger partial charge < -0.3 is 24.8 Å². The minimum absolute atomic E-state index is 0.0962. The van der Waals surface area contributed by atoms with Gasteiger partial charge in [0.05, 0.1) is 18.2 Å². The molecule has 2 amide bonds. The van der Waals surface area contributed by atoms with Gasteiger partial charge in [-0.1, -0.05) is 12.7 Å². The number of hydrogen-bond acceptors (Lipinski definition) is 6. The molecule has 154 valence electrons. The van der Waals surface area contributed by atoms with Crippen LogP contribution in [-0.2, 0) is 28.7 Å². The average Bonchev–Trinajstić information content (AvgIpc) is 3.45. The third-order valence-corrected chi connectivity index (χ3v) is 4.86. The van der Waals surface area contributed by atoms with Crippen LogP contribution in [0.5, 0.6) is 0 Å². The molecule has 1 heterocycles. The molecule has 1 aliphatic carbocycles. The first-order valence-corrected chi connectivity index (χ1v) is 8.81. The number of aliphatic carboxylic acids is 1. The van der Waals surface area contributed by atoms with Gasteiger partial charge in [0.15, 0.2) is 5.41 Å². The zero-order valence-electron chi connectivity index (χ0n) is 15.4. The van der Waals surface area contributed by atoms with Crippen molar-refractivity contribution in [2.24, 2.45) is 11.3 Å². The number of nitrogens with zero attached hydrogens (tertiary/aromatic N) is 1. The van der Waals surface area contributed by atoms with Crippen molar-refractivity contribution in [3.8, 4) is 0 Å². The van der Waals surface area contributed by atoms with Crippen molar-refractivity contribution in [3.63, 3.8) is 0 Å². The van der Waals surface area contributed by atoms with Crippen LogP contribution in [0.4, 0.5) is 15.8 Å². The van der Waals surface area contributed by atoms with E-state index in [1.165, 1.54) is 23.1 Å². The zero-order chi connectivity index (χ0) is 21.2. The molecule has 10 heteroatoms. The first-order valence-electron chi connectivity index (χ1n) is 8.81. The summed E-state index contributed by atoms with van der Waals surface area (Å²) < 4.78 is 24.3. The molecule has 0 bridgehead atoms. The van der Waals surface area contributed by atoms with Gasteiger partial charge in [-0.15, -0.1) is 0 Å². The lowest BCUT2D eigenvalue weighted by molar-refractivity contribution is -0.162. The minimum atomic E-state index is -1.98. The van der Waals surface area contributed by atoms with Gasteiger partial charge >= 0.3 is 11.9 Å².